The highest BCUT2D eigenvalue weighted by molar-refractivity contribution is 6.31. The summed E-state index contributed by atoms with van der Waals surface area (Å²) in [6.45, 7) is 0. The molecule has 0 radical (unpaired) electrons. The Kier molecular flexibility index (Phi) is 5.16. The van der Waals surface area contributed by atoms with E-state index < -0.39 is 11.9 Å². The summed E-state index contributed by atoms with van der Waals surface area (Å²) < 4.78 is 10.7. The minimum atomic E-state index is -0.718. The lowest BCUT2D eigenvalue weighted by molar-refractivity contribution is -0.136. The molecule has 0 unspecified atom stereocenters. The predicted octanol–water partition coefficient (Wildman–Crippen LogP) is 4.20. The maximum atomic E-state index is 13.3. The summed E-state index contributed by atoms with van der Waals surface area (Å²) in [5.41, 5.74) is 8.36. The molecule has 148 valence electrons. The molecule has 0 aromatic heterocycles. The lowest BCUT2D eigenvalue weighted by atomic mass is 9.73. The van der Waals surface area contributed by atoms with Crippen LogP contribution in [0.5, 0.6) is 0 Å². The average molecular weight is 410 g/mol. The largest absolute Gasteiger partial charge is 0.465 e. The number of allylic oxidation sites excluding steroid dienone is 2. The lowest BCUT2D eigenvalue weighted by Crippen LogP contribution is -2.33. The summed E-state index contributed by atoms with van der Waals surface area (Å²) >= 11 is 6.43. The highest BCUT2D eigenvalue weighted by Gasteiger charge is 2.43. The Hall–Kier alpha value is -3.05. The van der Waals surface area contributed by atoms with Gasteiger partial charge in [-0.05, 0) is 23.1 Å². The Balaban J connectivity index is 1.84. The van der Waals surface area contributed by atoms with E-state index in [4.69, 9.17) is 26.8 Å². The Morgan fingerprint density at radius 2 is 1.79 bits per heavy atom. The molecule has 0 amide bonds. The molecule has 2 aromatic rings. The number of hydrogen-bond donors (Lipinski definition) is 1. The van der Waals surface area contributed by atoms with Gasteiger partial charge in [-0.25, -0.2) is 4.79 Å². The highest BCUT2D eigenvalue weighted by Crippen LogP contribution is 2.48. The molecule has 0 saturated carbocycles. The highest BCUT2D eigenvalue weighted by atomic mass is 35.5. The van der Waals surface area contributed by atoms with Gasteiger partial charge in [0.25, 0.3) is 0 Å². The van der Waals surface area contributed by atoms with Crippen LogP contribution in [0.1, 0.15) is 35.8 Å². The van der Waals surface area contributed by atoms with Gasteiger partial charge in [0.1, 0.15) is 11.3 Å². The van der Waals surface area contributed by atoms with E-state index in [0.717, 1.165) is 5.56 Å². The van der Waals surface area contributed by atoms with Crippen LogP contribution in [0.3, 0.4) is 0 Å². The monoisotopic (exact) mass is 409 g/mol. The van der Waals surface area contributed by atoms with E-state index in [9.17, 15) is 9.59 Å². The number of ketones is 1. The van der Waals surface area contributed by atoms with E-state index in [0.29, 0.717) is 34.8 Å². The number of nitrogens with two attached hydrogens (primary N) is 1. The number of hydrogen-bond acceptors (Lipinski definition) is 5. The van der Waals surface area contributed by atoms with Crippen molar-refractivity contribution in [2.75, 3.05) is 7.11 Å². The first-order valence-electron chi connectivity index (χ1n) is 9.32. The van der Waals surface area contributed by atoms with Gasteiger partial charge in [0.2, 0.25) is 5.88 Å². The number of Topliss-reactive ketones (excluding diaryl/α,β-unsaturated/α-hetero) is 1. The first-order chi connectivity index (χ1) is 14.0. The molecule has 4 rings (SSSR count). The van der Waals surface area contributed by atoms with Gasteiger partial charge >= 0.3 is 5.97 Å². The molecule has 29 heavy (non-hydrogen) atoms. The molecule has 0 spiro atoms. The van der Waals surface area contributed by atoms with Crippen molar-refractivity contribution in [1.82, 2.24) is 0 Å². The molecule has 0 fully saturated rings. The van der Waals surface area contributed by atoms with E-state index in [-0.39, 0.29) is 23.2 Å². The van der Waals surface area contributed by atoms with Gasteiger partial charge in [-0.1, -0.05) is 60.1 Å². The summed E-state index contributed by atoms with van der Waals surface area (Å²) in [7, 11) is 1.27. The minimum Gasteiger partial charge on any atom is -0.465 e. The quantitative estimate of drug-likeness (QED) is 0.768. The number of ether oxygens (including phenoxy) is 2. The summed E-state index contributed by atoms with van der Waals surface area (Å²) in [6.07, 6.45) is 0.836. The number of esters is 1. The Morgan fingerprint density at radius 1 is 1.10 bits per heavy atom. The molecule has 5 nitrogen and oxygen atoms in total. The van der Waals surface area contributed by atoms with Gasteiger partial charge < -0.3 is 15.2 Å². The molecule has 0 saturated heterocycles. The van der Waals surface area contributed by atoms with Crippen LogP contribution in [0, 0.1) is 0 Å². The normalized spacial score (nSPS) is 21.5. The number of halogens is 1. The van der Waals surface area contributed by atoms with Gasteiger partial charge in [-0.2, -0.15) is 0 Å². The van der Waals surface area contributed by atoms with E-state index in [1.165, 1.54) is 7.11 Å². The van der Waals surface area contributed by atoms with Crippen molar-refractivity contribution < 1.29 is 19.1 Å². The van der Waals surface area contributed by atoms with Crippen LogP contribution >= 0.6 is 11.6 Å². The molecular weight excluding hydrogens is 390 g/mol. The van der Waals surface area contributed by atoms with E-state index >= 15 is 0 Å². The number of benzene rings is 2. The van der Waals surface area contributed by atoms with Gasteiger partial charge in [-0.3, -0.25) is 4.79 Å². The number of rotatable bonds is 3. The predicted molar refractivity (Wildman–Crippen MR) is 109 cm³/mol. The van der Waals surface area contributed by atoms with Crippen LogP contribution in [0.4, 0.5) is 0 Å². The molecular formula is C23H20ClNO4. The first-order valence-corrected chi connectivity index (χ1v) is 9.70. The van der Waals surface area contributed by atoms with Crippen LogP contribution in [0.2, 0.25) is 5.02 Å². The Bertz CT molecular complexity index is 1040. The molecule has 1 aliphatic carbocycles. The Labute approximate surface area is 173 Å². The third-order valence-electron chi connectivity index (χ3n) is 5.43. The van der Waals surface area contributed by atoms with Crippen LogP contribution in [-0.2, 0) is 19.1 Å². The summed E-state index contributed by atoms with van der Waals surface area (Å²) in [6, 6.07) is 16.9. The van der Waals surface area contributed by atoms with Crippen molar-refractivity contribution in [2.45, 2.75) is 24.7 Å². The van der Waals surface area contributed by atoms with Gasteiger partial charge in [0, 0.05) is 23.4 Å². The second kappa shape index (κ2) is 7.76. The minimum absolute atomic E-state index is 0.0122. The molecule has 0 bridgehead atoms. The Morgan fingerprint density at radius 3 is 2.48 bits per heavy atom. The number of carbonyl (C=O) groups is 2. The molecule has 2 N–H and O–H groups in total. The van der Waals surface area contributed by atoms with Crippen molar-refractivity contribution in [3.8, 4) is 0 Å². The maximum absolute atomic E-state index is 13.3. The van der Waals surface area contributed by atoms with Gasteiger partial charge in [0.05, 0.1) is 13.0 Å². The third kappa shape index (κ3) is 3.42. The summed E-state index contributed by atoms with van der Waals surface area (Å²) in [4.78, 5) is 25.8. The maximum Gasteiger partial charge on any atom is 0.340 e. The number of carbonyl (C=O) groups excluding carboxylic acids is 2. The zero-order valence-electron chi connectivity index (χ0n) is 15.9. The van der Waals surface area contributed by atoms with Crippen LogP contribution in [-0.4, -0.2) is 18.9 Å². The fourth-order valence-corrected chi connectivity index (χ4v) is 4.34. The first kappa shape index (κ1) is 19.3. The van der Waals surface area contributed by atoms with Crippen molar-refractivity contribution in [1.29, 1.82) is 0 Å². The summed E-state index contributed by atoms with van der Waals surface area (Å²) in [5.74, 6) is -1.02. The van der Waals surface area contributed by atoms with E-state index in [1.54, 1.807) is 18.2 Å². The molecule has 1 heterocycles. The zero-order chi connectivity index (χ0) is 20.5. The van der Waals surface area contributed by atoms with E-state index in [2.05, 4.69) is 0 Å². The second-order valence-corrected chi connectivity index (χ2v) is 7.51. The fraction of sp³-hybridized carbons (Fsp3) is 0.217. The van der Waals surface area contributed by atoms with Gasteiger partial charge in [-0.15, -0.1) is 0 Å². The third-order valence-corrected chi connectivity index (χ3v) is 5.78. The fourth-order valence-electron chi connectivity index (χ4n) is 4.10. The topological polar surface area (TPSA) is 78.6 Å². The van der Waals surface area contributed by atoms with Crippen LogP contribution in [0.25, 0.3) is 0 Å². The number of methoxy groups -OCH3 is 1. The molecule has 2 atom stereocenters. The lowest BCUT2D eigenvalue weighted by Gasteiger charge is -2.35. The average Bonchev–Trinajstić information content (AvgIpc) is 2.73. The summed E-state index contributed by atoms with van der Waals surface area (Å²) in [5, 5.41) is 0.443. The SMILES string of the molecule is COC(=O)C1=C(N)OC2=C(C(=O)C[C@H](c3ccccc3)C2)[C@@H]1c1ccccc1Cl. The van der Waals surface area contributed by atoms with Crippen molar-refractivity contribution in [2.24, 2.45) is 5.73 Å². The molecule has 2 aromatic carbocycles. The smallest absolute Gasteiger partial charge is 0.340 e. The van der Waals surface area contributed by atoms with Crippen LogP contribution in [0.15, 0.2) is 77.4 Å². The molecule has 6 heteroatoms. The van der Waals surface area contributed by atoms with E-state index in [1.807, 2.05) is 36.4 Å². The second-order valence-electron chi connectivity index (χ2n) is 7.10. The van der Waals surface area contributed by atoms with Crippen molar-refractivity contribution >= 4 is 23.4 Å². The zero-order valence-corrected chi connectivity index (χ0v) is 16.6. The van der Waals surface area contributed by atoms with Crippen molar-refractivity contribution in [3.05, 3.63) is 93.5 Å². The van der Waals surface area contributed by atoms with Crippen LogP contribution < -0.4 is 5.73 Å². The molecule has 1 aliphatic heterocycles. The standard InChI is InChI=1S/C23H20ClNO4/c1-28-23(27)21-19(15-9-5-6-10-16(15)24)20-17(26)11-14(12-18(20)29-22(21)25)13-7-3-2-4-8-13/h2-10,14,19H,11-12,25H2,1H3/t14-,19-/m0/s1. The van der Waals surface area contributed by atoms with Gasteiger partial charge in [0.15, 0.2) is 5.78 Å². The van der Waals surface area contributed by atoms with Crippen molar-refractivity contribution in [3.63, 3.8) is 0 Å². The molecule has 2 aliphatic rings.